The molecule has 2 heterocycles. The van der Waals surface area contributed by atoms with Crippen molar-refractivity contribution in [1.29, 1.82) is 0 Å². The maximum absolute atomic E-state index is 15.2. The molecule has 0 radical (unpaired) electrons. The molecule has 38 heavy (non-hydrogen) atoms. The minimum atomic E-state index is -2.78. The summed E-state index contributed by atoms with van der Waals surface area (Å²) in [5.74, 6) is -10.6. The minimum Gasteiger partial charge on any atom is -0.478 e. The Labute approximate surface area is 212 Å². The van der Waals surface area contributed by atoms with Crippen molar-refractivity contribution >= 4 is 17.0 Å². The summed E-state index contributed by atoms with van der Waals surface area (Å²) in [5, 5.41) is 9.53. The summed E-state index contributed by atoms with van der Waals surface area (Å²) >= 11 is 0. The SMILES string of the molecule is Cc1nc2c(C(=O)O)cc(-c3c(F)c(F)c(-c4ccc(CN5CCCC(F)(F)C5)cc4)c(F)c3F)cc2[nH]1. The van der Waals surface area contributed by atoms with Crippen molar-refractivity contribution < 1.29 is 36.2 Å². The quantitative estimate of drug-likeness (QED) is 0.222. The highest BCUT2D eigenvalue weighted by atomic mass is 19.3. The summed E-state index contributed by atoms with van der Waals surface area (Å²) in [5.41, 5.74) is -2.16. The Morgan fingerprint density at radius 3 is 2.18 bits per heavy atom. The van der Waals surface area contributed by atoms with Crippen LogP contribution in [0.3, 0.4) is 0 Å². The summed E-state index contributed by atoms with van der Waals surface area (Å²) in [6.45, 7) is 1.81. The molecular weight excluding hydrogens is 512 g/mol. The molecule has 2 N–H and O–H groups in total. The Hall–Kier alpha value is -3.86. The van der Waals surface area contributed by atoms with Crippen LogP contribution in [0.25, 0.3) is 33.3 Å². The Kier molecular flexibility index (Phi) is 6.42. The van der Waals surface area contributed by atoms with Gasteiger partial charge in [0.15, 0.2) is 23.3 Å². The number of H-pyrrole nitrogens is 1. The number of aromatic amines is 1. The first-order chi connectivity index (χ1) is 17.9. The molecule has 11 heteroatoms. The van der Waals surface area contributed by atoms with E-state index in [1.54, 1.807) is 11.8 Å². The van der Waals surface area contributed by atoms with Gasteiger partial charge >= 0.3 is 5.97 Å². The summed E-state index contributed by atoms with van der Waals surface area (Å²) in [6, 6.07) is 7.51. The van der Waals surface area contributed by atoms with Crippen LogP contribution < -0.4 is 0 Å². The first-order valence-corrected chi connectivity index (χ1v) is 11.7. The van der Waals surface area contributed by atoms with Crippen LogP contribution in [0.2, 0.25) is 0 Å². The fourth-order valence-corrected chi connectivity index (χ4v) is 4.90. The van der Waals surface area contributed by atoms with Gasteiger partial charge in [0.1, 0.15) is 11.3 Å². The fraction of sp³-hybridized carbons (Fsp3) is 0.259. The lowest BCUT2D eigenvalue weighted by Gasteiger charge is -2.32. The standard InChI is InChI=1S/C27H21F6N3O2/c1-13-34-18-10-16(9-17(26(37)38)25(18)35-13)20-23(30)21(28)19(22(29)24(20)31)15-5-3-14(4-6-15)11-36-8-2-7-27(32,33)12-36/h3-6,9-10H,2,7-8,11-12H2,1H3,(H,34,35)(H,37,38). The second-order valence-electron chi connectivity index (χ2n) is 9.42. The molecule has 1 aliphatic heterocycles. The van der Waals surface area contributed by atoms with Crippen molar-refractivity contribution in [2.24, 2.45) is 0 Å². The lowest BCUT2D eigenvalue weighted by Crippen LogP contribution is -2.41. The van der Waals surface area contributed by atoms with Gasteiger partial charge in [-0.25, -0.2) is 36.1 Å². The number of rotatable bonds is 5. The van der Waals surface area contributed by atoms with Crippen LogP contribution in [-0.4, -0.2) is 45.0 Å². The highest BCUT2D eigenvalue weighted by molar-refractivity contribution is 6.03. The van der Waals surface area contributed by atoms with Gasteiger partial charge in [0.05, 0.1) is 28.8 Å². The van der Waals surface area contributed by atoms with Gasteiger partial charge < -0.3 is 10.1 Å². The van der Waals surface area contributed by atoms with Crippen LogP contribution >= 0.6 is 0 Å². The number of fused-ring (bicyclic) bond motifs is 1. The first kappa shape index (κ1) is 25.8. The predicted molar refractivity (Wildman–Crippen MR) is 128 cm³/mol. The third-order valence-electron chi connectivity index (χ3n) is 6.61. The van der Waals surface area contributed by atoms with Crippen molar-refractivity contribution in [2.75, 3.05) is 13.1 Å². The van der Waals surface area contributed by atoms with E-state index in [1.165, 1.54) is 30.3 Å². The number of piperidine rings is 1. The summed E-state index contributed by atoms with van der Waals surface area (Å²) in [6.07, 6.45) is 0.161. The first-order valence-electron chi connectivity index (χ1n) is 11.7. The molecule has 5 nitrogen and oxygen atoms in total. The van der Waals surface area contributed by atoms with Gasteiger partial charge in [0.25, 0.3) is 5.92 Å². The zero-order valence-electron chi connectivity index (χ0n) is 20.0. The van der Waals surface area contributed by atoms with E-state index in [0.717, 1.165) is 6.07 Å². The van der Waals surface area contributed by atoms with Crippen molar-refractivity contribution in [3.8, 4) is 22.3 Å². The molecule has 4 aromatic rings. The van der Waals surface area contributed by atoms with E-state index in [0.29, 0.717) is 24.4 Å². The van der Waals surface area contributed by atoms with Crippen LogP contribution in [0.15, 0.2) is 36.4 Å². The molecule has 0 bridgehead atoms. The molecule has 5 rings (SSSR count). The molecule has 1 aromatic heterocycles. The number of hydrogen-bond acceptors (Lipinski definition) is 3. The zero-order valence-corrected chi connectivity index (χ0v) is 20.0. The second kappa shape index (κ2) is 9.46. The fourth-order valence-electron chi connectivity index (χ4n) is 4.90. The number of aryl methyl sites for hydroxylation is 1. The molecule has 198 valence electrons. The van der Waals surface area contributed by atoms with E-state index in [4.69, 9.17) is 0 Å². The number of hydrogen-bond donors (Lipinski definition) is 2. The summed E-state index contributed by atoms with van der Waals surface area (Å²) < 4.78 is 88.2. The third kappa shape index (κ3) is 4.62. The highest BCUT2D eigenvalue weighted by Gasteiger charge is 2.35. The monoisotopic (exact) mass is 533 g/mol. The number of nitrogens with one attached hydrogen (secondary N) is 1. The molecule has 0 aliphatic carbocycles. The number of imidazole rings is 1. The van der Waals surface area contributed by atoms with Gasteiger partial charge in [-0.15, -0.1) is 0 Å². The molecule has 0 amide bonds. The number of carbonyl (C=O) groups is 1. The average molecular weight is 533 g/mol. The molecule has 0 unspecified atom stereocenters. The van der Waals surface area contributed by atoms with E-state index in [-0.39, 0.29) is 35.1 Å². The number of carboxylic acid groups (broad SMARTS) is 1. The number of aromatic nitrogens is 2. The number of aromatic carboxylic acids is 1. The van der Waals surface area contributed by atoms with Crippen molar-refractivity contribution in [3.63, 3.8) is 0 Å². The largest absolute Gasteiger partial charge is 0.478 e. The topological polar surface area (TPSA) is 69.2 Å². The van der Waals surface area contributed by atoms with Gasteiger partial charge in [0, 0.05) is 13.0 Å². The molecule has 3 aromatic carbocycles. The lowest BCUT2D eigenvalue weighted by atomic mass is 9.95. The number of benzene rings is 3. The molecular formula is C27H21F6N3O2. The number of likely N-dealkylation sites (tertiary alicyclic amines) is 1. The number of alkyl halides is 2. The predicted octanol–water partition coefficient (Wildman–Crippen LogP) is 6.69. The third-order valence-corrected chi connectivity index (χ3v) is 6.61. The van der Waals surface area contributed by atoms with E-state index in [1.807, 2.05) is 0 Å². The van der Waals surface area contributed by atoms with Crippen LogP contribution in [0.4, 0.5) is 26.3 Å². The highest BCUT2D eigenvalue weighted by Crippen LogP contribution is 2.38. The van der Waals surface area contributed by atoms with Crippen molar-refractivity contribution in [1.82, 2.24) is 14.9 Å². The van der Waals surface area contributed by atoms with Gasteiger partial charge in [0.2, 0.25) is 0 Å². The van der Waals surface area contributed by atoms with E-state index in [9.17, 15) is 18.7 Å². The van der Waals surface area contributed by atoms with Crippen molar-refractivity contribution in [3.05, 3.63) is 76.6 Å². The maximum Gasteiger partial charge on any atom is 0.337 e. The minimum absolute atomic E-state index is 0.0329. The Bertz CT molecular complexity index is 1540. The molecule has 0 saturated carbocycles. The van der Waals surface area contributed by atoms with Crippen LogP contribution in [0.1, 0.15) is 34.6 Å². The molecule has 0 spiro atoms. The summed E-state index contributed by atoms with van der Waals surface area (Å²) in [7, 11) is 0. The van der Waals surface area contributed by atoms with Crippen LogP contribution in [0, 0.1) is 30.2 Å². The van der Waals surface area contributed by atoms with Gasteiger partial charge in [-0.3, -0.25) is 4.90 Å². The Balaban J connectivity index is 1.52. The van der Waals surface area contributed by atoms with Gasteiger partial charge in [-0.1, -0.05) is 24.3 Å². The lowest BCUT2D eigenvalue weighted by molar-refractivity contribution is -0.0661. The number of nitrogens with zero attached hydrogens (tertiary/aromatic N) is 2. The van der Waals surface area contributed by atoms with E-state index in [2.05, 4.69) is 9.97 Å². The van der Waals surface area contributed by atoms with E-state index < -0.39 is 58.4 Å². The smallest absolute Gasteiger partial charge is 0.337 e. The second-order valence-corrected chi connectivity index (χ2v) is 9.42. The molecule has 1 fully saturated rings. The van der Waals surface area contributed by atoms with Crippen LogP contribution in [-0.2, 0) is 6.54 Å². The van der Waals surface area contributed by atoms with Gasteiger partial charge in [-0.2, -0.15) is 0 Å². The average Bonchev–Trinajstić information content (AvgIpc) is 3.23. The molecule has 1 aliphatic rings. The van der Waals surface area contributed by atoms with E-state index >= 15 is 17.6 Å². The van der Waals surface area contributed by atoms with Crippen LogP contribution in [0.5, 0.6) is 0 Å². The molecule has 0 atom stereocenters. The zero-order chi connectivity index (χ0) is 27.4. The summed E-state index contributed by atoms with van der Waals surface area (Å²) in [4.78, 5) is 20.1. The Morgan fingerprint density at radius 2 is 1.61 bits per heavy atom. The maximum atomic E-state index is 15.2. The van der Waals surface area contributed by atoms with Gasteiger partial charge in [-0.05, 0) is 48.7 Å². The number of halogens is 6. The van der Waals surface area contributed by atoms with Crippen molar-refractivity contribution in [2.45, 2.75) is 32.2 Å². The number of carboxylic acids is 1. The Morgan fingerprint density at radius 1 is 1.00 bits per heavy atom. The molecule has 1 saturated heterocycles. The normalized spacial score (nSPS) is 15.8.